The second kappa shape index (κ2) is 7.93. The van der Waals surface area contributed by atoms with Gasteiger partial charge in [0, 0.05) is 30.1 Å². The standard InChI is InChI=1S/C25H23N5OS/c31-24-21-18-11-12-30(14-16-7-3-1-4-8-16)15-20(18)32-25(21)28-23(27-24)19-13-26-29-22(19)17-9-5-2-6-10-17/h1-10,13,23,28H,11-12,14-15H2,(H,26,29)(H,27,31)/t23-/m1/s1. The van der Waals surface area contributed by atoms with E-state index in [1.54, 1.807) is 17.5 Å². The van der Waals surface area contributed by atoms with Gasteiger partial charge in [0.25, 0.3) is 5.91 Å². The minimum absolute atomic E-state index is 0.00188. The fourth-order valence-corrected chi connectivity index (χ4v) is 5.97. The molecular formula is C25H23N5OS. The minimum atomic E-state index is -0.315. The van der Waals surface area contributed by atoms with Crippen molar-refractivity contribution in [2.75, 3.05) is 11.9 Å². The van der Waals surface area contributed by atoms with E-state index in [9.17, 15) is 4.79 Å². The normalized spacial score (nSPS) is 17.9. The number of rotatable bonds is 4. The summed E-state index contributed by atoms with van der Waals surface area (Å²) in [5, 5.41) is 15.0. The molecule has 2 aromatic heterocycles. The van der Waals surface area contributed by atoms with Crippen molar-refractivity contribution in [1.29, 1.82) is 0 Å². The highest BCUT2D eigenvalue weighted by molar-refractivity contribution is 7.16. The topological polar surface area (TPSA) is 73.0 Å². The molecule has 32 heavy (non-hydrogen) atoms. The quantitative estimate of drug-likeness (QED) is 0.434. The van der Waals surface area contributed by atoms with Crippen LogP contribution in [0.3, 0.4) is 0 Å². The Labute approximate surface area is 190 Å². The number of nitrogens with zero attached hydrogens (tertiary/aromatic N) is 2. The number of carbonyl (C=O) groups excluding carboxylic acids is 1. The third-order valence-corrected chi connectivity index (χ3v) is 7.35. The zero-order valence-corrected chi connectivity index (χ0v) is 18.3. The van der Waals surface area contributed by atoms with Gasteiger partial charge in [-0.2, -0.15) is 5.10 Å². The van der Waals surface area contributed by atoms with Gasteiger partial charge in [-0.15, -0.1) is 11.3 Å². The van der Waals surface area contributed by atoms with Gasteiger partial charge in [-0.1, -0.05) is 60.7 Å². The molecule has 0 saturated carbocycles. The fraction of sp³-hybridized carbons (Fsp3) is 0.200. The van der Waals surface area contributed by atoms with Crippen molar-refractivity contribution in [2.24, 2.45) is 0 Å². The summed E-state index contributed by atoms with van der Waals surface area (Å²) in [5.74, 6) is -0.00188. The van der Waals surface area contributed by atoms with Crippen LogP contribution >= 0.6 is 11.3 Å². The van der Waals surface area contributed by atoms with Crippen LogP contribution < -0.4 is 10.6 Å². The van der Waals surface area contributed by atoms with Gasteiger partial charge in [0.05, 0.1) is 17.5 Å². The van der Waals surface area contributed by atoms with Crippen LogP contribution in [0.2, 0.25) is 0 Å². The van der Waals surface area contributed by atoms with Crippen molar-refractivity contribution in [2.45, 2.75) is 25.7 Å². The number of H-pyrrole nitrogens is 1. The Kier molecular flexibility index (Phi) is 4.78. The number of fused-ring (bicyclic) bond motifs is 3. The number of amides is 1. The van der Waals surface area contributed by atoms with Gasteiger partial charge in [0.1, 0.15) is 11.2 Å². The maximum absolute atomic E-state index is 13.2. The van der Waals surface area contributed by atoms with Crippen molar-refractivity contribution in [3.8, 4) is 11.3 Å². The lowest BCUT2D eigenvalue weighted by Crippen LogP contribution is -2.39. The van der Waals surface area contributed by atoms with Crippen LogP contribution in [0.4, 0.5) is 5.00 Å². The van der Waals surface area contributed by atoms with Gasteiger partial charge in [0.2, 0.25) is 0 Å². The molecule has 6 nitrogen and oxygen atoms in total. The molecule has 0 saturated heterocycles. The van der Waals surface area contributed by atoms with Crippen molar-refractivity contribution < 1.29 is 4.79 Å². The summed E-state index contributed by atoms with van der Waals surface area (Å²) in [6.07, 6.45) is 2.37. The molecule has 0 aliphatic carbocycles. The van der Waals surface area contributed by atoms with E-state index >= 15 is 0 Å². The summed E-state index contributed by atoms with van der Waals surface area (Å²) >= 11 is 1.71. The number of carbonyl (C=O) groups is 1. The van der Waals surface area contributed by atoms with Crippen LogP contribution in [0, 0.1) is 0 Å². The highest BCUT2D eigenvalue weighted by atomic mass is 32.1. The molecule has 160 valence electrons. The molecule has 2 aliphatic rings. The number of aromatic nitrogens is 2. The summed E-state index contributed by atoms with van der Waals surface area (Å²) in [5.41, 5.74) is 6.25. The van der Waals surface area contributed by atoms with Crippen molar-refractivity contribution in [1.82, 2.24) is 20.4 Å². The molecule has 0 bridgehead atoms. The monoisotopic (exact) mass is 441 g/mol. The van der Waals surface area contributed by atoms with Crippen LogP contribution in [0.5, 0.6) is 0 Å². The van der Waals surface area contributed by atoms with Crippen LogP contribution in [-0.4, -0.2) is 27.5 Å². The van der Waals surface area contributed by atoms with E-state index < -0.39 is 0 Å². The molecule has 7 heteroatoms. The number of benzene rings is 2. The van der Waals surface area contributed by atoms with E-state index in [0.717, 1.165) is 53.4 Å². The molecule has 6 rings (SSSR count). The minimum Gasteiger partial charge on any atom is -0.352 e. The van der Waals surface area contributed by atoms with E-state index in [1.165, 1.54) is 16.0 Å². The highest BCUT2D eigenvalue weighted by Crippen LogP contribution is 2.41. The lowest BCUT2D eigenvalue weighted by atomic mass is 9.99. The molecule has 4 heterocycles. The van der Waals surface area contributed by atoms with E-state index in [4.69, 9.17) is 0 Å². The molecule has 3 N–H and O–H groups in total. The molecule has 0 fully saturated rings. The molecule has 0 radical (unpaired) electrons. The zero-order valence-electron chi connectivity index (χ0n) is 17.5. The number of hydrogen-bond donors (Lipinski definition) is 3. The lowest BCUT2D eigenvalue weighted by Gasteiger charge is -2.28. The second-order valence-corrected chi connectivity index (χ2v) is 9.38. The molecule has 2 aromatic carbocycles. The Morgan fingerprint density at radius 3 is 2.62 bits per heavy atom. The van der Waals surface area contributed by atoms with Crippen molar-refractivity contribution in [3.05, 3.63) is 94.0 Å². The molecule has 4 aromatic rings. The van der Waals surface area contributed by atoms with Crippen LogP contribution in [-0.2, 0) is 19.5 Å². The van der Waals surface area contributed by atoms with E-state index in [1.807, 2.05) is 30.3 Å². The maximum atomic E-state index is 13.2. The predicted molar refractivity (Wildman–Crippen MR) is 126 cm³/mol. The Morgan fingerprint density at radius 2 is 1.81 bits per heavy atom. The fourth-order valence-electron chi connectivity index (χ4n) is 4.65. The summed E-state index contributed by atoms with van der Waals surface area (Å²) in [7, 11) is 0. The number of thiophene rings is 1. The van der Waals surface area contributed by atoms with Crippen molar-refractivity contribution >= 4 is 22.2 Å². The first kappa shape index (κ1) is 19.3. The highest BCUT2D eigenvalue weighted by Gasteiger charge is 2.34. The van der Waals surface area contributed by atoms with Gasteiger partial charge in [-0.25, -0.2) is 0 Å². The smallest absolute Gasteiger partial charge is 0.256 e. The third kappa shape index (κ3) is 3.39. The third-order valence-electron chi connectivity index (χ3n) is 6.20. The average Bonchev–Trinajstić information content (AvgIpc) is 3.45. The molecule has 0 spiro atoms. The Hall–Kier alpha value is -3.42. The van der Waals surface area contributed by atoms with E-state index in [-0.39, 0.29) is 12.1 Å². The van der Waals surface area contributed by atoms with E-state index in [2.05, 4.69) is 56.1 Å². The van der Waals surface area contributed by atoms with Gasteiger partial charge in [-0.3, -0.25) is 14.8 Å². The summed E-state index contributed by atoms with van der Waals surface area (Å²) in [6.45, 7) is 2.77. The lowest BCUT2D eigenvalue weighted by molar-refractivity contribution is 0.0934. The van der Waals surface area contributed by atoms with E-state index in [0.29, 0.717) is 0 Å². The number of hydrogen-bond acceptors (Lipinski definition) is 5. The van der Waals surface area contributed by atoms with Crippen molar-refractivity contribution in [3.63, 3.8) is 0 Å². The maximum Gasteiger partial charge on any atom is 0.256 e. The first-order chi connectivity index (χ1) is 15.8. The molecular weight excluding hydrogens is 418 g/mol. The molecule has 1 atom stereocenters. The summed E-state index contributed by atoms with van der Waals surface area (Å²) < 4.78 is 0. The number of nitrogens with one attached hydrogen (secondary N) is 3. The zero-order chi connectivity index (χ0) is 21.5. The first-order valence-corrected chi connectivity index (χ1v) is 11.6. The number of anilines is 1. The van der Waals surface area contributed by atoms with Gasteiger partial charge >= 0.3 is 0 Å². The Morgan fingerprint density at radius 1 is 1.03 bits per heavy atom. The molecule has 1 amide bonds. The Bertz CT molecular complexity index is 1260. The second-order valence-electron chi connectivity index (χ2n) is 8.27. The molecule has 2 aliphatic heterocycles. The summed E-state index contributed by atoms with van der Waals surface area (Å²) in [4.78, 5) is 16.9. The number of aromatic amines is 1. The predicted octanol–water partition coefficient (Wildman–Crippen LogP) is 4.55. The summed E-state index contributed by atoms with van der Waals surface area (Å²) in [6, 6.07) is 20.6. The van der Waals surface area contributed by atoms with Gasteiger partial charge in [0.15, 0.2) is 0 Å². The molecule has 0 unspecified atom stereocenters. The average molecular weight is 442 g/mol. The largest absolute Gasteiger partial charge is 0.352 e. The first-order valence-electron chi connectivity index (χ1n) is 10.8. The SMILES string of the molecule is O=C1N[C@@H](c2cn[nH]c2-c2ccccc2)Nc2sc3c(c21)CCN(Cc1ccccc1)C3. The van der Waals surface area contributed by atoms with Gasteiger partial charge in [-0.05, 0) is 23.1 Å². The Balaban J connectivity index is 1.26. The van der Waals surface area contributed by atoms with Crippen LogP contribution in [0.1, 0.15) is 38.1 Å². The van der Waals surface area contributed by atoms with Gasteiger partial charge < -0.3 is 10.6 Å². The van der Waals surface area contributed by atoms with Crippen LogP contribution in [0.25, 0.3) is 11.3 Å². The van der Waals surface area contributed by atoms with Crippen LogP contribution in [0.15, 0.2) is 66.9 Å².